The number of aromatic nitrogens is 1. The first-order valence-corrected chi connectivity index (χ1v) is 14.7. The molecule has 1 saturated carbocycles. The number of hydrogen-bond acceptors (Lipinski definition) is 9. The first-order chi connectivity index (χ1) is 19.8. The smallest absolute Gasteiger partial charge is 0.421 e. The molecule has 4 rings (SSSR count). The van der Waals surface area contributed by atoms with Crippen molar-refractivity contribution in [2.24, 2.45) is 47.3 Å². The minimum Gasteiger partial charge on any atom is -0.457 e. The third-order valence-corrected chi connectivity index (χ3v) is 9.96. The van der Waals surface area contributed by atoms with Crippen molar-refractivity contribution in [1.82, 2.24) is 10.4 Å². The molecule has 5 N–H and O–H groups in total. The van der Waals surface area contributed by atoms with Gasteiger partial charge in [-0.05, 0) is 55.7 Å². The van der Waals surface area contributed by atoms with Crippen molar-refractivity contribution in [3.05, 3.63) is 47.8 Å². The second kappa shape index (κ2) is 12.6. The van der Waals surface area contributed by atoms with Crippen molar-refractivity contribution in [3.63, 3.8) is 0 Å². The zero-order valence-electron chi connectivity index (χ0n) is 25.4. The van der Waals surface area contributed by atoms with E-state index in [2.05, 4.69) is 31.8 Å². The maximum atomic E-state index is 13.3. The Morgan fingerprint density at radius 1 is 1.19 bits per heavy atom. The van der Waals surface area contributed by atoms with Gasteiger partial charge in [0, 0.05) is 37.0 Å². The summed E-state index contributed by atoms with van der Waals surface area (Å²) in [5, 5.41) is 12.9. The minimum absolute atomic E-state index is 0.0501. The molecule has 1 aliphatic heterocycles. The SMILES string of the molecule is CO[C@H]1CC2C=C[C@H]3[C@@H](C)[C@H](OC(=O)c4ccc[nH]4)[C@H](C)[C@@H](C)[C@H]3[C@]2(O)/C(C)=C/[C@@H](C)[C@@H]([C@@H](C)OC(=O)NN)OC1=O. The molecular formula is C31H45N3O8. The number of hydrogen-bond donors (Lipinski definition) is 4. The Hall–Kier alpha value is -3.15. The van der Waals surface area contributed by atoms with E-state index in [0.717, 1.165) is 5.57 Å². The molecule has 1 aromatic heterocycles. The summed E-state index contributed by atoms with van der Waals surface area (Å²) in [5.74, 6) is 2.81. The Kier molecular flexibility index (Phi) is 9.54. The van der Waals surface area contributed by atoms with Gasteiger partial charge in [-0.2, -0.15) is 0 Å². The van der Waals surface area contributed by atoms with E-state index in [-0.39, 0.29) is 42.1 Å². The molecule has 11 heteroatoms. The monoisotopic (exact) mass is 587 g/mol. The number of nitrogens with two attached hydrogens (primary N) is 1. The highest BCUT2D eigenvalue weighted by atomic mass is 16.6. The van der Waals surface area contributed by atoms with Gasteiger partial charge in [-0.3, -0.25) is 5.43 Å². The van der Waals surface area contributed by atoms with Crippen LogP contribution in [-0.2, 0) is 23.7 Å². The predicted octanol–water partition coefficient (Wildman–Crippen LogP) is 3.51. The second-order valence-corrected chi connectivity index (χ2v) is 12.3. The third kappa shape index (κ3) is 5.74. The summed E-state index contributed by atoms with van der Waals surface area (Å²) in [7, 11) is 1.44. The molecule has 1 aromatic rings. The van der Waals surface area contributed by atoms with Gasteiger partial charge in [0.2, 0.25) is 0 Å². The average Bonchev–Trinajstić information content (AvgIpc) is 3.50. The minimum atomic E-state index is -1.33. The van der Waals surface area contributed by atoms with E-state index >= 15 is 0 Å². The number of amides is 1. The fraction of sp³-hybridized carbons (Fsp3) is 0.645. The summed E-state index contributed by atoms with van der Waals surface area (Å²) in [4.78, 5) is 41.0. The first-order valence-electron chi connectivity index (χ1n) is 14.7. The van der Waals surface area contributed by atoms with Gasteiger partial charge >= 0.3 is 18.0 Å². The number of aromatic amines is 1. The molecule has 0 spiro atoms. The van der Waals surface area contributed by atoms with Crippen LogP contribution in [0.5, 0.6) is 0 Å². The summed E-state index contributed by atoms with van der Waals surface area (Å²) in [5.41, 5.74) is 1.73. The van der Waals surface area contributed by atoms with Crippen molar-refractivity contribution in [2.75, 3.05) is 7.11 Å². The molecule has 42 heavy (non-hydrogen) atoms. The first kappa shape index (κ1) is 31.8. The van der Waals surface area contributed by atoms with E-state index in [1.54, 1.807) is 25.3 Å². The van der Waals surface area contributed by atoms with Crippen molar-refractivity contribution < 1.29 is 38.4 Å². The van der Waals surface area contributed by atoms with E-state index in [4.69, 9.17) is 24.8 Å². The van der Waals surface area contributed by atoms with Crippen LogP contribution < -0.4 is 11.3 Å². The van der Waals surface area contributed by atoms with Gasteiger partial charge in [-0.15, -0.1) is 0 Å². The van der Waals surface area contributed by atoms with Crippen LogP contribution in [0.3, 0.4) is 0 Å². The Morgan fingerprint density at radius 3 is 2.52 bits per heavy atom. The summed E-state index contributed by atoms with van der Waals surface area (Å²) in [6, 6.07) is 3.44. The molecule has 11 nitrogen and oxygen atoms in total. The molecule has 2 heterocycles. The number of methoxy groups -OCH3 is 1. The maximum Gasteiger partial charge on any atom is 0.421 e. The number of carbonyl (C=O) groups excluding carboxylic acids is 3. The maximum absolute atomic E-state index is 13.3. The molecule has 3 aliphatic rings. The number of fused-ring (bicyclic) bond motifs is 3. The Bertz CT molecular complexity index is 1200. The number of allylic oxidation sites excluding steroid dienone is 1. The summed E-state index contributed by atoms with van der Waals surface area (Å²) < 4.78 is 22.8. The van der Waals surface area contributed by atoms with Crippen molar-refractivity contribution >= 4 is 18.0 Å². The van der Waals surface area contributed by atoms with Gasteiger partial charge in [0.05, 0.1) is 5.60 Å². The third-order valence-electron chi connectivity index (χ3n) is 9.96. The Balaban J connectivity index is 1.73. The number of H-pyrrole nitrogens is 1. The molecule has 0 aromatic carbocycles. The van der Waals surface area contributed by atoms with Crippen LogP contribution in [0.15, 0.2) is 42.1 Å². The summed E-state index contributed by atoms with van der Waals surface area (Å²) in [6.07, 6.45) is 4.02. The van der Waals surface area contributed by atoms with Crippen molar-refractivity contribution in [3.8, 4) is 0 Å². The lowest BCUT2D eigenvalue weighted by molar-refractivity contribution is -0.175. The zero-order chi connectivity index (χ0) is 30.9. The van der Waals surface area contributed by atoms with Gasteiger partial charge in [0.25, 0.3) is 0 Å². The van der Waals surface area contributed by atoms with Crippen LogP contribution in [0, 0.1) is 41.4 Å². The second-order valence-electron chi connectivity index (χ2n) is 12.3. The number of hydrazine groups is 1. The van der Waals surface area contributed by atoms with Crippen molar-refractivity contribution in [2.45, 2.75) is 78.0 Å². The van der Waals surface area contributed by atoms with Crippen molar-refractivity contribution in [1.29, 1.82) is 0 Å². The molecular weight excluding hydrogens is 542 g/mol. The molecule has 1 fully saturated rings. The highest BCUT2D eigenvalue weighted by Crippen LogP contribution is 2.56. The number of rotatable bonds is 5. The molecule has 232 valence electrons. The average molecular weight is 588 g/mol. The number of aliphatic hydroxyl groups is 1. The topological polar surface area (TPSA) is 162 Å². The van der Waals surface area contributed by atoms with Crippen LogP contribution in [-0.4, -0.2) is 65.2 Å². The Labute approximate surface area is 247 Å². The Morgan fingerprint density at radius 2 is 1.90 bits per heavy atom. The van der Waals surface area contributed by atoms with Crippen LogP contribution >= 0.6 is 0 Å². The lowest BCUT2D eigenvalue weighted by Crippen LogP contribution is -2.61. The highest BCUT2D eigenvalue weighted by Gasteiger charge is 2.59. The lowest BCUT2D eigenvalue weighted by atomic mass is 9.50. The fourth-order valence-electron chi connectivity index (χ4n) is 7.57. The standard InChI is InChI=1S/C31H45N3O8/c1-15-13-16(2)31(38)21(14-24(39-7)29(36)41-26(15)20(6)40-30(37)34-32)10-11-22-19(5)27(18(4)17(3)25(22)31)42-28(35)23-9-8-12-33-23/h8-13,15,17-22,24-27,33,38H,14,32H2,1-7H3,(H,34,37)/b16-13+/t15-,17-,18-,19-,20-,21?,22+,24+,25-,26+,27-,31+/m1/s1. The van der Waals surface area contributed by atoms with Gasteiger partial charge in [-0.25, -0.2) is 20.2 Å². The number of carbonyl (C=O) groups is 3. The summed E-state index contributed by atoms with van der Waals surface area (Å²) >= 11 is 0. The fourth-order valence-corrected chi connectivity index (χ4v) is 7.57. The van der Waals surface area contributed by atoms with Crippen LogP contribution in [0.2, 0.25) is 0 Å². The predicted molar refractivity (Wildman–Crippen MR) is 154 cm³/mol. The molecule has 1 unspecified atom stereocenters. The van der Waals surface area contributed by atoms with E-state index < -0.39 is 53.8 Å². The normalized spacial score (nSPS) is 40.3. The molecule has 1 amide bonds. The van der Waals surface area contributed by atoms with E-state index in [0.29, 0.717) is 5.69 Å². The number of ether oxygens (including phenoxy) is 4. The zero-order valence-corrected chi connectivity index (χ0v) is 25.4. The molecule has 2 aliphatic carbocycles. The molecule has 12 atom stereocenters. The highest BCUT2D eigenvalue weighted by molar-refractivity contribution is 5.87. The number of nitrogens with one attached hydrogen (secondary N) is 2. The van der Waals surface area contributed by atoms with Crippen LogP contribution in [0.25, 0.3) is 0 Å². The van der Waals surface area contributed by atoms with Gasteiger partial charge in [0.15, 0.2) is 6.10 Å². The quantitative estimate of drug-likeness (QED) is 0.101. The largest absolute Gasteiger partial charge is 0.457 e. The number of esters is 2. The van der Waals surface area contributed by atoms with E-state index in [1.807, 2.05) is 31.4 Å². The molecule has 0 radical (unpaired) electrons. The van der Waals surface area contributed by atoms with Gasteiger partial charge in [-0.1, -0.05) is 45.9 Å². The van der Waals surface area contributed by atoms with E-state index in [1.165, 1.54) is 7.11 Å². The lowest BCUT2D eigenvalue weighted by Gasteiger charge is -2.57. The van der Waals surface area contributed by atoms with Gasteiger partial charge < -0.3 is 29.0 Å². The summed E-state index contributed by atoms with van der Waals surface area (Å²) in [6.45, 7) is 11.6. The molecule has 0 bridgehead atoms. The van der Waals surface area contributed by atoms with Gasteiger partial charge in [0.1, 0.15) is 24.0 Å². The van der Waals surface area contributed by atoms with Crippen LogP contribution in [0.1, 0.15) is 58.5 Å². The molecule has 0 saturated heterocycles. The van der Waals surface area contributed by atoms with Crippen LogP contribution in [0.4, 0.5) is 4.79 Å². The number of cyclic esters (lactones) is 1. The van der Waals surface area contributed by atoms with E-state index in [9.17, 15) is 19.5 Å².